The van der Waals surface area contributed by atoms with E-state index < -0.39 is 16.6 Å². The molecule has 0 heterocycles. The first-order valence-electron chi connectivity index (χ1n) is 19.0. The molecule has 4 aliphatic carbocycles. The zero-order valence-corrected chi connectivity index (χ0v) is 35.7. The van der Waals surface area contributed by atoms with Gasteiger partial charge in [-0.25, -0.2) is 0 Å². The van der Waals surface area contributed by atoms with Crippen LogP contribution in [-0.2, 0) is 13.6 Å². The summed E-state index contributed by atoms with van der Waals surface area (Å²) in [6, 6.07) is 0. The Bertz CT molecular complexity index is 1050. The van der Waals surface area contributed by atoms with Gasteiger partial charge in [0, 0.05) is 18.6 Å². The van der Waals surface area contributed by atoms with E-state index in [1.165, 1.54) is 44.9 Å². The topological polar surface area (TPSA) is 35.5 Å². The van der Waals surface area contributed by atoms with Gasteiger partial charge in [-0.1, -0.05) is 98.0 Å². The lowest BCUT2D eigenvalue weighted by Gasteiger charge is -2.62. The molecule has 45 heavy (non-hydrogen) atoms. The first-order valence-corrected chi connectivity index (χ1v) is 25.7. The van der Waals surface area contributed by atoms with Crippen molar-refractivity contribution in [1.82, 2.24) is 0 Å². The van der Waals surface area contributed by atoms with Gasteiger partial charge in [0.2, 0.25) is 0 Å². The number of Topliss-reactive ketones (excluding diaryl/α,β-unsaturated/α-hetero) is 1. The number of halogens is 1. The van der Waals surface area contributed by atoms with Crippen LogP contribution in [-0.4, -0.2) is 40.0 Å². The van der Waals surface area contributed by atoms with Gasteiger partial charge < -0.3 is 8.85 Å². The largest absolute Gasteiger partial charge is 0.417 e. The summed E-state index contributed by atoms with van der Waals surface area (Å²) in [6.45, 7) is 34.5. The van der Waals surface area contributed by atoms with Crippen LogP contribution in [0.25, 0.3) is 0 Å². The third kappa shape index (κ3) is 7.36. The number of ketones is 1. The molecule has 0 aromatic rings. The maximum Gasteiger partial charge on any atom is 0.192 e. The molecule has 4 rings (SSSR count). The van der Waals surface area contributed by atoms with Crippen LogP contribution in [0.2, 0.25) is 36.3 Å². The van der Waals surface area contributed by atoms with Gasteiger partial charge >= 0.3 is 0 Å². The van der Waals surface area contributed by atoms with E-state index in [0.717, 1.165) is 37.7 Å². The molecular weight excluding hydrogens is 653 g/mol. The summed E-state index contributed by atoms with van der Waals surface area (Å²) in [5.41, 5.74) is 0.503. The Morgan fingerprint density at radius 2 is 1.42 bits per heavy atom. The van der Waals surface area contributed by atoms with Gasteiger partial charge in [-0.2, -0.15) is 0 Å². The summed E-state index contributed by atoms with van der Waals surface area (Å²) in [7, 11) is -3.53. The molecule has 0 amide bonds. The number of alkyl halides is 1. The van der Waals surface area contributed by atoms with E-state index in [0.29, 0.717) is 34.9 Å². The summed E-state index contributed by atoms with van der Waals surface area (Å²) in [5, 5.41) is 0.483. The van der Waals surface area contributed by atoms with Crippen molar-refractivity contribution in [2.24, 2.45) is 52.3 Å². The minimum atomic E-state index is -1.86. The molecule has 6 heteroatoms. The second kappa shape index (κ2) is 13.3. The van der Waals surface area contributed by atoms with E-state index >= 15 is 0 Å². The quantitative estimate of drug-likeness (QED) is 0.166. The number of rotatable bonds is 10. The summed E-state index contributed by atoms with van der Waals surface area (Å²) in [5.74, 6) is 4.67. The van der Waals surface area contributed by atoms with Crippen molar-refractivity contribution in [2.75, 3.05) is 6.61 Å². The Morgan fingerprint density at radius 1 is 0.844 bits per heavy atom. The number of carbonyl (C=O) groups is 1. The van der Waals surface area contributed by atoms with Crippen LogP contribution < -0.4 is 0 Å². The average molecular weight is 726 g/mol. The molecule has 4 aliphatic rings. The van der Waals surface area contributed by atoms with Crippen LogP contribution in [0, 0.1) is 52.3 Å². The average Bonchev–Trinajstić information content (AvgIpc) is 3.27. The Labute approximate surface area is 290 Å². The van der Waals surface area contributed by atoms with Crippen molar-refractivity contribution in [3.8, 4) is 0 Å². The molecule has 6 unspecified atom stereocenters. The van der Waals surface area contributed by atoms with Crippen molar-refractivity contribution in [2.45, 2.75) is 181 Å². The lowest BCUT2D eigenvalue weighted by atomic mass is 9.44. The summed E-state index contributed by atoms with van der Waals surface area (Å²) in [6.07, 6.45) is 12.7. The Balaban J connectivity index is 1.38. The van der Waals surface area contributed by atoms with Crippen LogP contribution in [0.5, 0.6) is 0 Å². The van der Waals surface area contributed by atoms with Crippen LogP contribution >= 0.6 is 15.9 Å². The van der Waals surface area contributed by atoms with E-state index in [1.54, 1.807) is 0 Å². The molecule has 3 nitrogen and oxygen atoms in total. The number of fused-ring (bicyclic) bond motifs is 5. The Hall–Kier alpha value is 0.504. The lowest BCUT2D eigenvalue weighted by molar-refractivity contribution is -0.157. The zero-order valence-electron chi connectivity index (χ0n) is 32.1. The van der Waals surface area contributed by atoms with E-state index in [1.807, 2.05) is 0 Å². The highest BCUT2D eigenvalue weighted by Gasteiger charge is 2.65. The predicted molar refractivity (Wildman–Crippen MR) is 201 cm³/mol. The van der Waals surface area contributed by atoms with Gasteiger partial charge in [0.05, 0.1) is 4.83 Å². The fourth-order valence-corrected chi connectivity index (χ4v) is 13.8. The molecule has 262 valence electrons. The van der Waals surface area contributed by atoms with Crippen LogP contribution in [0.1, 0.15) is 133 Å². The Kier molecular flexibility index (Phi) is 11.3. The fourth-order valence-electron chi connectivity index (χ4n) is 10.3. The highest BCUT2D eigenvalue weighted by Crippen LogP contribution is 2.69. The molecule has 0 aromatic heterocycles. The highest BCUT2D eigenvalue weighted by molar-refractivity contribution is 9.10. The molecule has 4 fully saturated rings. The van der Waals surface area contributed by atoms with Gasteiger partial charge in [0.1, 0.15) is 5.78 Å². The highest BCUT2D eigenvalue weighted by atomic mass is 79.9. The molecule has 0 aliphatic heterocycles. The number of hydrogen-bond donors (Lipinski definition) is 0. The molecule has 0 radical (unpaired) electrons. The standard InChI is InChI=1S/C39H73BrO3Si2/c1-26(25-42-44(11,12)36(3,4)5)16-15-17-27(2)29-18-19-30-33-31(21-23-38(29,30)9)39(10)22-20-28(24-32(39)35(41)34(33)40)43-45(13,14)37(6,7)8/h26-34H,15-25H2,1-14H3/t26?,27-,28+,29?,30?,31?,32-,33?,34?,38-,39-/m1/s1. The summed E-state index contributed by atoms with van der Waals surface area (Å²) in [4.78, 5) is 14.3. The van der Waals surface area contributed by atoms with E-state index in [-0.39, 0.29) is 32.3 Å². The van der Waals surface area contributed by atoms with Gasteiger partial charge in [0.25, 0.3) is 0 Å². The molecule has 4 saturated carbocycles. The second-order valence-electron chi connectivity index (χ2n) is 20.2. The maximum atomic E-state index is 14.3. The van der Waals surface area contributed by atoms with Crippen molar-refractivity contribution < 1.29 is 13.6 Å². The minimum absolute atomic E-state index is 0.0210. The fraction of sp³-hybridized carbons (Fsp3) is 0.974. The van der Waals surface area contributed by atoms with Crippen molar-refractivity contribution >= 4 is 38.3 Å². The van der Waals surface area contributed by atoms with Gasteiger partial charge in [0.15, 0.2) is 16.6 Å². The Morgan fingerprint density at radius 3 is 2.02 bits per heavy atom. The van der Waals surface area contributed by atoms with E-state index in [2.05, 4.69) is 111 Å². The van der Waals surface area contributed by atoms with E-state index in [4.69, 9.17) is 8.85 Å². The monoisotopic (exact) mass is 724 g/mol. The van der Waals surface area contributed by atoms with Gasteiger partial charge in [-0.15, -0.1) is 0 Å². The van der Waals surface area contributed by atoms with Crippen molar-refractivity contribution in [3.05, 3.63) is 0 Å². The molecule has 0 spiro atoms. The first-order chi connectivity index (χ1) is 20.5. The molecule has 0 bridgehead atoms. The number of carbonyl (C=O) groups excluding carboxylic acids is 1. The molecule has 11 atom stereocenters. The SMILES string of the molecule is CC(CCC[C@@H](C)C1CCC2C3C(Br)C(=O)[C@H]4C[C@@H](O[Si](C)(C)C(C)(C)C)CC[C@]4(C)C3CC[C@@]21C)CO[Si](C)(C)C(C)(C)C. The minimum Gasteiger partial charge on any atom is -0.417 e. The summed E-state index contributed by atoms with van der Waals surface area (Å²) < 4.78 is 13.5. The van der Waals surface area contributed by atoms with Crippen LogP contribution in [0.3, 0.4) is 0 Å². The summed E-state index contributed by atoms with van der Waals surface area (Å²) >= 11 is 4.12. The molecule has 0 N–H and O–H groups in total. The van der Waals surface area contributed by atoms with Crippen molar-refractivity contribution in [3.63, 3.8) is 0 Å². The third-order valence-corrected chi connectivity index (χ3v) is 25.4. The maximum absolute atomic E-state index is 14.3. The smallest absolute Gasteiger partial charge is 0.192 e. The zero-order chi connectivity index (χ0) is 34.0. The second-order valence-corrected chi connectivity index (χ2v) is 30.8. The third-order valence-electron chi connectivity index (χ3n) is 15.4. The van der Waals surface area contributed by atoms with Crippen LogP contribution in [0.15, 0.2) is 0 Å². The van der Waals surface area contributed by atoms with E-state index in [9.17, 15) is 4.79 Å². The normalized spacial score (nSPS) is 39.2. The van der Waals surface area contributed by atoms with Gasteiger partial charge in [-0.3, -0.25) is 4.79 Å². The van der Waals surface area contributed by atoms with Crippen molar-refractivity contribution in [1.29, 1.82) is 0 Å². The molecule has 0 aromatic carbocycles. The predicted octanol–water partition coefficient (Wildman–Crippen LogP) is 12.1. The molecule has 0 saturated heterocycles. The first kappa shape index (κ1) is 38.3. The van der Waals surface area contributed by atoms with Crippen LogP contribution in [0.4, 0.5) is 0 Å². The molecular formula is C39H73BrO3Si2. The lowest BCUT2D eigenvalue weighted by Crippen LogP contribution is -2.62. The van der Waals surface area contributed by atoms with Gasteiger partial charge in [-0.05, 0) is 134 Å². The number of hydrogen-bond acceptors (Lipinski definition) is 3.